The van der Waals surface area contributed by atoms with E-state index in [0.717, 1.165) is 5.92 Å². The first kappa shape index (κ1) is 4.62. The summed E-state index contributed by atoms with van der Waals surface area (Å²) < 4.78 is 0. The highest BCUT2D eigenvalue weighted by Gasteiger charge is 2.31. The molecule has 0 saturated heterocycles. The predicted molar refractivity (Wildman–Crippen MR) is 30.3 cm³/mol. The van der Waals surface area contributed by atoms with Gasteiger partial charge in [-0.15, -0.1) is 0 Å². The number of hydrogen-bond donors (Lipinski definition) is 1. The van der Waals surface area contributed by atoms with Crippen LogP contribution in [0.5, 0.6) is 0 Å². The quantitative estimate of drug-likeness (QED) is 0.397. The summed E-state index contributed by atoms with van der Waals surface area (Å²) in [5.74, 6) is 0.825. The van der Waals surface area contributed by atoms with Crippen molar-refractivity contribution in [1.82, 2.24) is 5.43 Å². The number of rotatable bonds is 2. The lowest BCUT2D eigenvalue weighted by atomic mass is 10.5. The van der Waals surface area contributed by atoms with E-state index in [-0.39, 0.29) is 0 Å². The zero-order valence-electron chi connectivity index (χ0n) is 4.52. The Hall–Kier alpha value is -0.530. The van der Waals surface area contributed by atoms with Gasteiger partial charge in [-0.05, 0) is 12.3 Å². The van der Waals surface area contributed by atoms with Crippen LogP contribution in [0.25, 0.3) is 0 Å². The first-order valence-corrected chi connectivity index (χ1v) is 2.56. The Bertz CT molecular complexity index is 80.1. The van der Waals surface area contributed by atoms with Gasteiger partial charge in [-0.2, -0.15) is 5.10 Å². The fourth-order valence-corrected chi connectivity index (χ4v) is 0.619. The van der Waals surface area contributed by atoms with Crippen LogP contribution in [0.15, 0.2) is 5.10 Å². The maximum absolute atomic E-state index is 3.55. The van der Waals surface area contributed by atoms with Crippen LogP contribution >= 0.6 is 0 Å². The van der Waals surface area contributed by atoms with Gasteiger partial charge >= 0.3 is 0 Å². The summed E-state index contributed by atoms with van der Waals surface area (Å²) in [6, 6.07) is 0.637. The van der Waals surface area contributed by atoms with Crippen LogP contribution in [0.1, 0.15) is 13.3 Å². The molecular formula is C5H10N2. The van der Waals surface area contributed by atoms with Crippen LogP contribution in [0.3, 0.4) is 0 Å². The minimum absolute atomic E-state index is 0.637. The van der Waals surface area contributed by atoms with Crippen molar-refractivity contribution in [3.8, 4) is 0 Å². The maximum atomic E-state index is 3.55. The van der Waals surface area contributed by atoms with Gasteiger partial charge in [0.2, 0.25) is 0 Å². The van der Waals surface area contributed by atoms with Gasteiger partial charge < -0.3 is 5.43 Å². The van der Waals surface area contributed by atoms with Crippen molar-refractivity contribution in [2.75, 3.05) is 0 Å². The Balaban J connectivity index is 2.08. The van der Waals surface area contributed by atoms with Crippen molar-refractivity contribution < 1.29 is 0 Å². The van der Waals surface area contributed by atoms with Gasteiger partial charge in [0.25, 0.3) is 0 Å². The third-order valence-electron chi connectivity index (χ3n) is 1.37. The standard InChI is InChI=1S/C5H10N2/c1-4-3-5(4)7-6-2/h4-5,7H,2-3H2,1H3. The van der Waals surface area contributed by atoms with Crippen LogP contribution < -0.4 is 5.43 Å². The highest BCUT2D eigenvalue weighted by molar-refractivity contribution is 5.22. The Kier molecular flexibility index (Phi) is 1.01. The lowest BCUT2D eigenvalue weighted by molar-refractivity contribution is 0.697. The minimum Gasteiger partial charge on any atom is -0.307 e. The molecule has 0 amide bonds. The predicted octanol–water partition coefficient (Wildman–Crippen LogP) is 0.600. The number of hydrazone groups is 1. The summed E-state index contributed by atoms with van der Waals surface area (Å²) >= 11 is 0. The molecule has 1 aliphatic carbocycles. The van der Waals surface area contributed by atoms with Gasteiger partial charge in [0.15, 0.2) is 0 Å². The number of hydrogen-bond acceptors (Lipinski definition) is 2. The molecule has 1 fully saturated rings. The van der Waals surface area contributed by atoms with E-state index in [1.54, 1.807) is 0 Å². The second-order valence-electron chi connectivity index (χ2n) is 2.11. The van der Waals surface area contributed by atoms with E-state index in [1.807, 2.05) is 0 Å². The molecule has 2 heteroatoms. The SMILES string of the molecule is C=NNC1CC1C. The van der Waals surface area contributed by atoms with E-state index in [9.17, 15) is 0 Å². The van der Waals surface area contributed by atoms with Crippen molar-refractivity contribution in [1.29, 1.82) is 0 Å². The van der Waals surface area contributed by atoms with Crippen LogP contribution in [0.2, 0.25) is 0 Å². The van der Waals surface area contributed by atoms with E-state index in [2.05, 4.69) is 24.2 Å². The Labute approximate surface area is 43.6 Å². The molecule has 0 aromatic rings. The van der Waals surface area contributed by atoms with Gasteiger partial charge in [-0.25, -0.2) is 0 Å². The first-order valence-electron chi connectivity index (χ1n) is 2.56. The summed E-state index contributed by atoms with van der Waals surface area (Å²) in [6.45, 7) is 5.51. The largest absolute Gasteiger partial charge is 0.307 e. The molecule has 1 saturated carbocycles. The van der Waals surface area contributed by atoms with Gasteiger partial charge in [-0.1, -0.05) is 6.92 Å². The second kappa shape index (κ2) is 1.52. The molecule has 2 nitrogen and oxygen atoms in total. The molecule has 7 heavy (non-hydrogen) atoms. The fraction of sp³-hybridized carbons (Fsp3) is 0.800. The summed E-state index contributed by atoms with van der Waals surface area (Å²) in [5.41, 5.74) is 2.88. The van der Waals surface area contributed by atoms with Crippen LogP contribution in [0, 0.1) is 5.92 Å². The summed E-state index contributed by atoms with van der Waals surface area (Å²) in [4.78, 5) is 0. The summed E-state index contributed by atoms with van der Waals surface area (Å²) in [6.07, 6.45) is 1.26. The maximum Gasteiger partial charge on any atom is 0.0469 e. The third kappa shape index (κ3) is 0.918. The average molecular weight is 98.1 g/mol. The van der Waals surface area contributed by atoms with E-state index in [4.69, 9.17) is 0 Å². The van der Waals surface area contributed by atoms with Gasteiger partial charge in [0.1, 0.15) is 0 Å². The van der Waals surface area contributed by atoms with E-state index in [0.29, 0.717) is 6.04 Å². The molecule has 1 rings (SSSR count). The molecule has 0 bridgehead atoms. The fourth-order valence-electron chi connectivity index (χ4n) is 0.619. The Morgan fingerprint density at radius 2 is 2.43 bits per heavy atom. The number of nitrogens with zero attached hydrogens (tertiary/aromatic N) is 1. The van der Waals surface area contributed by atoms with Gasteiger partial charge in [-0.3, -0.25) is 0 Å². The molecule has 40 valence electrons. The highest BCUT2D eigenvalue weighted by atomic mass is 15.3. The van der Waals surface area contributed by atoms with E-state index < -0.39 is 0 Å². The smallest absolute Gasteiger partial charge is 0.0469 e. The summed E-state index contributed by atoms with van der Waals surface area (Å²) in [7, 11) is 0. The molecule has 0 heterocycles. The molecule has 0 radical (unpaired) electrons. The minimum atomic E-state index is 0.637. The zero-order valence-corrected chi connectivity index (χ0v) is 4.52. The molecule has 0 spiro atoms. The third-order valence-corrected chi connectivity index (χ3v) is 1.37. The Morgan fingerprint density at radius 1 is 1.86 bits per heavy atom. The molecular weight excluding hydrogens is 88.1 g/mol. The molecule has 0 aliphatic heterocycles. The lowest BCUT2D eigenvalue weighted by Crippen LogP contribution is -2.07. The van der Waals surface area contributed by atoms with Crippen molar-refractivity contribution in [2.45, 2.75) is 19.4 Å². The molecule has 0 aromatic heterocycles. The Morgan fingerprint density at radius 3 is 2.57 bits per heavy atom. The van der Waals surface area contributed by atoms with Crippen molar-refractivity contribution in [2.24, 2.45) is 11.0 Å². The van der Waals surface area contributed by atoms with E-state index >= 15 is 0 Å². The topological polar surface area (TPSA) is 24.4 Å². The summed E-state index contributed by atoms with van der Waals surface area (Å²) in [5, 5.41) is 3.55. The van der Waals surface area contributed by atoms with Crippen LogP contribution in [-0.4, -0.2) is 12.8 Å². The van der Waals surface area contributed by atoms with E-state index in [1.165, 1.54) is 6.42 Å². The molecule has 0 aromatic carbocycles. The highest BCUT2D eigenvalue weighted by Crippen LogP contribution is 2.28. The number of nitrogens with one attached hydrogen (secondary N) is 1. The van der Waals surface area contributed by atoms with Crippen LogP contribution in [0.4, 0.5) is 0 Å². The second-order valence-corrected chi connectivity index (χ2v) is 2.11. The van der Waals surface area contributed by atoms with Crippen molar-refractivity contribution >= 4 is 6.72 Å². The molecule has 2 atom stereocenters. The molecule has 1 aliphatic rings. The van der Waals surface area contributed by atoms with Crippen LogP contribution in [-0.2, 0) is 0 Å². The zero-order chi connectivity index (χ0) is 5.28. The monoisotopic (exact) mass is 98.1 g/mol. The van der Waals surface area contributed by atoms with Gasteiger partial charge in [0.05, 0.1) is 0 Å². The normalized spacial score (nSPS) is 37.3. The average Bonchev–Trinajstić information content (AvgIpc) is 2.22. The van der Waals surface area contributed by atoms with Crippen molar-refractivity contribution in [3.63, 3.8) is 0 Å². The van der Waals surface area contributed by atoms with Gasteiger partial charge in [0, 0.05) is 12.8 Å². The van der Waals surface area contributed by atoms with Crippen molar-refractivity contribution in [3.05, 3.63) is 0 Å². The first-order chi connectivity index (χ1) is 3.34. The molecule has 2 unspecified atom stereocenters. The molecule has 1 N–H and O–H groups in total. The lowest BCUT2D eigenvalue weighted by Gasteiger charge is -1.89.